The number of benzene rings is 1. The molecule has 1 aromatic heterocycles. The van der Waals surface area contributed by atoms with Gasteiger partial charge in [-0.25, -0.2) is 0 Å². The second-order valence-corrected chi connectivity index (χ2v) is 5.95. The Hall–Kier alpha value is -1.88. The van der Waals surface area contributed by atoms with Crippen LogP contribution in [0.25, 0.3) is 11.1 Å². The number of pyridine rings is 1. The molecule has 1 unspecified atom stereocenters. The third-order valence-corrected chi connectivity index (χ3v) is 4.44. The van der Waals surface area contributed by atoms with E-state index in [1.54, 1.807) is 6.07 Å². The summed E-state index contributed by atoms with van der Waals surface area (Å²) in [5.41, 5.74) is 3.09. The minimum Gasteiger partial charge on any atom is -0.319 e. The molecule has 0 radical (unpaired) electrons. The normalized spacial score (nSPS) is 17.8. The lowest BCUT2D eigenvalue weighted by Gasteiger charge is -2.27. The zero-order valence-corrected chi connectivity index (χ0v) is 13.0. The highest BCUT2D eigenvalue weighted by Crippen LogP contribution is 2.38. The topological polar surface area (TPSA) is 24.9 Å². The molecule has 0 bridgehead atoms. The largest absolute Gasteiger partial charge is 0.433 e. The molecular formula is C18H19F3N2. The predicted molar refractivity (Wildman–Crippen MR) is 84.3 cm³/mol. The third-order valence-electron chi connectivity index (χ3n) is 4.44. The van der Waals surface area contributed by atoms with E-state index in [2.05, 4.69) is 16.4 Å². The molecular weight excluding hydrogens is 301 g/mol. The zero-order chi connectivity index (χ0) is 16.4. The maximum Gasteiger partial charge on any atom is 0.433 e. The van der Waals surface area contributed by atoms with Crippen LogP contribution in [0.5, 0.6) is 0 Å². The Bertz CT molecular complexity index is 695. The van der Waals surface area contributed by atoms with Crippen molar-refractivity contribution in [1.82, 2.24) is 10.3 Å². The number of hydrogen-bond donors (Lipinski definition) is 1. The Morgan fingerprint density at radius 2 is 2.09 bits per heavy atom. The molecule has 0 saturated carbocycles. The average Bonchev–Trinajstić information content (AvgIpc) is 2.54. The Kier molecular flexibility index (Phi) is 4.39. The first-order chi connectivity index (χ1) is 11.0. The van der Waals surface area contributed by atoms with E-state index in [1.807, 2.05) is 19.2 Å². The summed E-state index contributed by atoms with van der Waals surface area (Å²) in [6.45, 7) is 0.889. The van der Waals surface area contributed by atoms with E-state index in [0.717, 1.165) is 37.4 Å². The standard InChI is InChI=1S/C18H19F3N2/c1-22-11-13-4-2-7-16-14(5-3-6-15(13)16)12-8-9-23-17(10-12)18(19,20)21/h3,5-6,8-10,13,22H,2,4,7,11H2,1H3. The minimum absolute atomic E-state index is 0.424. The molecule has 5 heteroatoms. The van der Waals surface area contributed by atoms with E-state index < -0.39 is 11.9 Å². The Morgan fingerprint density at radius 3 is 2.83 bits per heavy atom. The maximum atomic E-state index is 12.9. The van der Waals surface area contributed by atoms with E-state index in [9.17, 15) is 13.2 Å². The third kappa shape index (κ3) is 3.24. The summed E-state index contributed by atoms with van der Waals surface area (Å²) in [5, 5.41) is 3.21. The summed E-state index contributed by atoms with van der Waals surface area (Å²) in [6, 6.07) is 8.77. The van der Waals surface area contributed by atoms with Crippen LogP contribution in [-0.4, -0.2) is 18.6 Å². The maximum absolute atomic E-state index is 12.9. The summed E-state index contributed by atoms with van der Waals surface area (Å²) in [4.78, 5) is 3.46. The molecule has 2 aromatic rings. The molecule has 0 aliphatic heterocycles. The molecule has 1 aliphatic carbocycles. The van der Waals surface area contributed by atoms with Crippen molar-refractivity contribution >= 4 is 0 Å². The molecule has 1 heterocycles. The van der Waals surface area contributed by atoms with Crippen molar-refractivity contribution in [3.05, 3.63) is 53.3 Å². The molecule has 1 N–H and O–H groups in total. The molecule has 3 rings (SSSR count). The van der Waals surface area contributed by atoms with E-state index in [-0.39, 0.29) is 0 Å². The van der Waals surface area contributed by atoms with Gasteiger partial charge in [-0.15, -0.1) is 0 Å². The van der Waals surface area contributed by atoms with Crippen LogP contribution in [0.3, 0.4) is 0 Å². The van der Waals surface area contributed by atoms with Crippen molar-refractivity contribution in [1.29, 1.82) is 0 Å². The number of aromatic nitrogens is 1. The van der Waals surface area contributed by atoms with Crippen molar-refractivity contribution in [2.24, 2.45) is 0 Å². The van der Waals surface area contributed by atoms with Gasteiger partial charge in [0.15, 0.2) is 0 Å². The van der Waals surface area contributed by atoms with Gasteiger partial charge in [0.25, 0.3) is 0 Å². The van der Waals surface area contributed by atoms with Crippen LogP contribution >= 0.6 is 0 Å². The van der Waals surface area contributed by atoms with E-state index in [0.29, 0.717) is 11.5 Å². The van der Waals surface area contributed by atoms with Crippen molar-refractivity contribution in [2.45, 2.75) is 31.4 Å². The number of nitrogens with one attached hydrogen (secondary N) is 1. The van der Waals surface area contributed by atoms with Gasteiger partial charge in [0, 0.05) is 12.7 Å². The Labute approximate surface area is 133 Å². The lowest BCUT2D eigenvalue weighted by molar-refractivity contribution is -0.141. The summed E-state index contributed by atoms with van der Waals surface area (Å²) in [7, 11) is 1.93. The SMILES string of the molecule is CNCC1CCCc2c(-c3ccnc(C(F)(F)F)c3)cccc21. The zero-order valence-electron chi connectivity index (χ0n) is 13.0. The van der Waals surface area contributed by atoms with Crippen LogP contribution < -0.4 is 5.32 Å². The van der Waals surface area contributed by atoms with Gasteiger partial charge < -0.3 is 5.32 Å². The van der Waals surface area contributed by atoms with Crippen LogP contribution in [0.2, 0.25) is 0 Å². The summed E-state index contributed by atoms with van der Waals surface area (Å²) in [6.07, 6.45) is -0.0879. The van der Waals surface area contributed by atoms with Gasteiger partial charge in [0.1, 0.15) is 5.69 Å². The first-order valence-electron chi connectivity index (χ1n) is 7.80. The lowest BCUT2D eigenvalue weighted by atomic mass is 9.79. The molecule has 1 aliphatic rings. The van der Waals surface area contributed by atoms with Gasteiger partial charge in [0.2, 0.25) is 0 Å². The van der Waals surface area contributed by atoms with Gasteiger partial charge in [-0.1, -0.05) is 18.2 Å². The first kappa shape index (κ1) is 16.0. The predicted octanol–water partition coefficient (Wildman–Crippen LogP) is 4.41. The summed E-state index contributed by atoms with van der Waals surface area (Å²) >= 11 is 0. The number of rotatable bonds is 3. The van der Waals surface area contributed by atoms with Gasteiger partial charge in [0.05, 0.1) is 0 Å². The summed E-state index contributed by atoms with van der Waals surface area (Å²) < 4.78 is 38.7. The van der Waals surface area contributed by atoms with Crippen molar-refractivity contribution < 1.29 is 13.2 Å². The van der Waals surface area contributed by atoms with Crippen LogP contribution in [0.4, 0.5) is 13.2 Å². The van der Waals surface area contributed by atoms with E-state index in [1.165, 1.54) is 17.3 Å². The second kappa shape index (κ2) is 6.32. The number of nitrogens with zero attached hydrogens (tertiary/aromatic N) is 1. The Morgan fingerprint density at radius 1 is 1.26 bits per heavy atom. The van der Waals surface area contributed by atoms with Gasteiger partial charge in [-0.05, 0) is 66.6 Å². The van der Waals surface area contributed by atoms with Gasteiger partial charge in [-0.2, -0.15) is 13.2 Å². The molecule has 0 saturated heterocycles. The average molecular weight is 320 g/mol. The number of halogens is 3. The quantitative estimate of drug-likeness (QED) is 0.906. The fourth-order valence-electron chi connectivity index (χ4n) is 3.43. The number of alkyl halides is 3. The van der Waals surface area contributed by atoms with E-state index >= 15 is 0 Å². The summed E-state index contributed by atoms with van der Waals surface area (Å²) in [5.74, 6) is 0.424. The molecule has 0 spiro atoms. The monoisotopic (exact) mass is 320 g/mol. The highest BCUT2D eigenvalue weighted by molar-refractivity contribution is 5.69. The fourth-order valence-corrected chi connectivity index (χ4v) is 3.43. The lowest BCUT2D eigenvalue weighted by Crippen LogP contribution is -2.21. The molecule has 1 atom stereocenters. The first-order valence-corrected chi connectivity index (χ1v) is 7.80. The van der Waals surface area contributed by atoms with Crippen LogP contribution in [0.15, 0.2) is 36.5 Å². The van der Waals surface area contributed by atoms with Gasteiger partial charge in [-0.3, -0.25) is 4.98 Å². The van der Waals surface area contributed by atoms with Crippen LogP contribution in [0, 0.1) is 0 Å². The highest BCUT2D eigenvalue weighted by Gasteiger charge is 2.32. The number of fused-ring (bicyclic) bond motifs is 1. The molecule has 2 nitrogen and oxygen atoms in total. The van der Waals surface area contributed by atoms with Gasteiger partial charge >= 0.3 is 6.18 Å². The fraction of sp³-hybridized carbons (Fsp3) is 0.389. The molecule has 0 fully saturated rings. The second-order valence-electron chi connectivity index (χ2n) is 5.95. The Balaban J connectivity index is 2.06. The minimum atomic E-state index is -4.42. The smallest absolute Gasteiger partial charge is 0.319 e. The molecule has 23 heavy (non-hydrogen) atoms. The van der Waals surface area contributed by atoms with Crippen molar-refractivity contribution in [3.63, 3.8) is 0 Å². The van der Waals surface area contributed by atoms with Crippen LogP contribution in [-0.2, 0) is 12.6 Å². The van der Waals surface area contributed by atoms with Crippen LogP contribution in [0.1, 0.15) is 35.6 Å². The number of hydrogen-bond acceptors (Lipinski definition) is 2. The van der Waals surface area contributed by atoms with Crippen molar-refractivity contribution in [3.8, 4) is 11.1 Å². The molecule has 1 aromatic carbocycles. The van der Waals surface area contributed by atoms with E-state index in [4.69, 9.17) is 0 Å². The molecule has 0 amide bonds. The highest BCUT2D eigenvalue weighted by atomic mass is 19.4. The van der Waals surface area contributed by atoms with Crippen molar-refractivity contribution in [2.75, 3.05) is 13.6 Å². The molecule has 122 valence electrons. The number of likely N-dealkylation sites (N-methyl/N-ethyl adjacent to an activating group) is 1.